The first kappa shape index (κ1) is 27.5. The quantitative estimate of drug-likeness (QED) is 0.153. The summed E-state index contributed by atoms with van der Waals surface area (Å²) in [6.45, 7) is 7.03. The van der Waals surface area contributed by atoms with Gasteiger partial charge in [-0.15, -0.1) is 0 Å². The molecule has 0 atom stereocenters. The molecule has 5 nitrogen and oxygen atoms in total. The van der Waals surface area contributed by atoms with E-state index in [-0.39, 0.29) is 0 Å². The molecule has 0 aliphatic rings. The number of aryl methyl sites for hydroxylation is 2. The number of benzene rings is 4. The van der Waals surface area contributed by atoms with E-state index >= 15 is 0 Å². The van der Waals surface area contributed by atoms with Gasteiger partial charge in [0.25, 0.3) is 0 Å². The second-order valence-electron chi connectivity index (χ2n) is 10.4. The maximum atomic E-state index is 5.98. The lowest BCUT2D eigenvalue weighted by Crippen LogP contribution is -2.14. The molecule has 0 spiro atoms. The summed E-state index contributed by atoms with van der Waals surface area (Å²) in [6, 6.07) is 29.0. The minimum atomic E-state index is 0.711. The number of hydrogen-bond acceptors (Lipinski definition) is 5. The topological polar surface area (TPSA) is 56.5 Å². The highest BCUT2D eigenvalue weighted by Crippen LogP contribution is 2.38. The third-order valence-corrected chi connectivity index (χ3v) is 7.14. The average molecular weight is 535 g/mol. The fourth-order valence-electron chi connectivity index (χ4n) is 5.23. The summed E-state index contributed by atoms with van der Waals surface area (Å²) in [5.74, 6) is 2.35. The zero-order chi connectivity index (χ0) is 27.7. The predicted molar refractivity (Wildman–Crippen MR) is 163 cm³/mol. The lowest BCUT2D eigenvalue weighted by Gasteiger charge is -2.09. The van der Waals surface area contributed by atoms with Crippen LogP contribution in [0.25, 0.3) is 33.4 Å². The van der Waals surface area contributed by atoms with E-state index in [0.717, 1.165) is 65.2 Å². The van der Waals surface area contributed by atoms with Crippen LogP contribution in [0.3, 0.4) is 0 Å². The smallest absolute Gasteiger partial charge is 0.167 e. The van der Waals surface area contributed by atoms with E-state index in [1.165, 1.54) is 36.0 Å². The highest BCUT2D eigenvalue weighted by molar-refractivity contribution is 5.99. The van der Waals surface area contributed by atoms with Gasteiger partial charge in [-0.2, -0.15) is 0 Å². The molecule has 4 aromatic carbocycles. The van der Waals surface area contributed by atoms with Crippen LogP contribution in [0.15, 0.2) is 89.5 Å². The first-order valence-electron chi connectivity index (χ1n) is 14.1. The van der Waals surface area contributed by atoms with Crippen molar-refractivity contribution in [1.82, 2.24) is 10.5 Å². The van der Waals surface area contributed by atoms with Gasteiger partial charge in [-0.1, -0.05) is 77.7 Å². The summed E-state index contributed by atoms with van der Waals surface area (Å²) < 4.78 is 17.4. The molecule has 5 rings (SSSR count). The molecule has 5 heteroatoms. The first-order chi connectivity index (χ1) is 19.6. The second kappa shape index (κ2) is 13.3. The Kier molecular flexibility index (Phi) is 9.15. The summed E-state index contributed by atoms with van der Waals surface area (Å²) in [5, 5.41) is 10.2. The first-order valence-corrected chi connectivity index (χ1v) is 14.1. The molecule has 1 heterocycles. The Balaban J connectivity index is 1.06. The van der Waals surface area contributed by atoms with Crippen molar-refractivity contribution in [2.45, 2.75) is 46.1 Å². The number of rotatable bonds is 13. The van der Waals surface area contributed by atoms with Gasteiger partial charge in [-0.05, 0) is 79.9 Å². The highest BCUT2D eigenvalue weighted by Gasteiger charge is 2.16. The van der Waals surface area contributed by atoms with Gasteiger partial charge in [0.15, 0.2) is 5.76 Å². The van der Waals surface area contributed by atoms with E-state index < -0.39 is 0 Å². The van der Waals surface area contributed by atoms with Crippen LogP contribution in [-0.2, 0) is 6.54 Å². The van der Waals surface area contributed by atoms with E-state index in [1.54, 1.807) is 7.11 Å². The van der Waals surface area contributed by atoms with Gasteiger partial charge in [-0.3, -0.25) is 0 Å². The van der Waals surface area contributed by atoms with Gasteiger partial charge in [-0.25, -0.2) is 0 Å². The molecule has 0 aliphatic heterocycles. The fraction of sp³-hybridized carbons (Fsp3) is 0.286. The molecule has 5 aromatic rings. The monoisotopic (exact) mass is 534 g/mol. The zero-order valence-corrected chi connectivity index (χ0v) is 23.7. The normalized spacial score (nSPS) is 11.2. The van der Waals surface area contributed by atoms with Crippen molar-refractivity contribution in [2.24, 2.45) is 0 Å². The molecule has 1 aromatic heterocycles. The summed E-state index contributed by atoms with van der Waals surface area (Å²) in [6.07, 6.45) is 4.61. The van der Waals surface area contributed by atoms with Gasteiger partial charge >= 0.3 is 0 Å². The lowest BCUT2D eigenvalue weighted by atomic mass is 10.0. The van der Waals surface area contributed by atoms with Crippen molar-refractivity contribution in [2.75, 3.05) is 20.3 Å². The number of ether oxygens (including phenoxy) is 2. The van der Waals surface area contributed by atoms with Crippen molar-refractivity contribution in [3.05, 3.63) is 102 Å². The minimum absolute atomic E-state index is 0.711. The lowest BCUT2D eigenvalue weighted by molar-refractivity contribution is 0.304. The molecule has 0 aliphatic carbocycles. The van der Waals surface area contributed by atoms with E-state index in [1.807, 2.05) is 48.5 Å². The Hall–Kier alpha value is -4.09. The van der Waals surface area contributed by atoms with E-state index in [0.29, 0.717) is 5.76 Å². The van der Waals surface area contributed by atoms with Gasteiger partial charge in [0.05, 0.1) is 19.3 Å². The molecule has 40 heavy (non-hydrogen) atoms. The summed E-state index contributed by atoms with van der Waals surface area (Å²) in [7, 11) is 1.68. The maximum absolute atomic E-state index is 5.98. The molecule has 206 valence electrons. The van der Waals surface area contributed by atoms with Crippen LogP contribution in [-0.4, -0.2) is 25.4 Å². The number of hydrogen-bond donors (Lipinski definition) is 1. The molecular formula is C35H38N2O3. The third kappa shape index (κ3) is 6.91. The molecule has 0 saturated heterocycles. The molecule has 0 amide bonds. The Bertz CT molecular complexity index is 1520. The number of methoxy groups -OCH3 is 1. The summed E-state index contributed by atoms with van der Waals surface area (Å²) in [5.41, 5.74) is 6.68. The largest absolute Gasteiger partial charge is 0.496 e. The highest BCUT2D eigenvalue weighted by atomic mass is 16.5. The molecule has 0 radical (unpaired) electrons. The van der Waals surface area contributed by atoms with Gasteiger partial charge < -0.3 is 19.3 Å². The maximum Gasteiger partial charge on any atom is 0.167 e. The van der Waals surface area contributed by atoms with Crippen molar-refractivity contribution < 1.29 is 14.0 Å². The Morgan fingerprint density at radius 2 is 1.57 bits per heavy atom. The number of nitrogens with zero attached hydrogens (tertiary/aromatic N) is 1. The van der Waals surface area contributed by atoms with E-state index in [4.69, 9.17) is 14.0 Å². The average Bonchev–Trinajstić information content (AvgIpc) is 3.45. The van der Waals surface area contributed by atoms with Crippen molar-refractivity contribution >= 4 is 10.8 Å². The third-order valence-electron chi connectivity index (χ3n) is 7.14. The Morgan fingerprint density at radius 3 is 2.38 bits per heavy atom. The fourth-order valence-corrected chi connectivity index (χ4v) is 5.23. The van der Waals surface area contributed by atoms with E-state index in [2.05, 4.69) is 60.7 Å². The van der Waals surface area contributed by atoms with Crippen LogP contribution in [0, 0.1) is 13.8 Å². The number of aromatic nitrogens is 1. The van der Waals surface area contributed by atoms with Crippen LogP contribution in [0.4, 0.5) is 0 Å². The molecule has 1 N–H and O–H groups in total. The van der Waals surface area contributed by atoms with Crippen molar-refractivity contribution in [3.8, 4) is 34.1 Å². The van der Waals surface area contributed by atoms with Gasteiger partial charge in [0.2, 0.25) is 0 Å². The van der Waals surface area contributed by atoms with Crippen LogP contribution in [0.5, 0.6) is 11.5 Å². The van der Waals surface area contributed by atoms with Crippen LogP contribution in [0.2, 0.25) is 0 Å². The van der Waals surface area contributed by atoms with Crippen molar-refractivity contribution in [1.29, 1.82) is 0 Å². The Labute approximate surface area is 237 Å². The molecule has 0 bridgehead atoms. The Morgan fingerprint density at radius 1 is 0.800 bits per heavy atom. The van der Waals surface area contributed by atoms with Crippen LogP contribution >= 0.6 is 0 Å². The molecule has 0 unspecified atom stereocenters. The van der Waals surface area contributed by atoms with Crippen molar-refractivity contribution in [3.63, 3.8) is 0 Å². The summed E-state index contributed by atoms with van der Waals surface area (Å²) in [4.78, 5) is 0. The van der Waals surface area contributed by atoms with Crippen LogP contribution < -0.4 is 14.8 Å². The minimum Gasteiger partial charge on any atom is -0.496 e. The number of nitrogens with one attached hydrogen (secondary N) is 1. The number of fused-ring (bicyclic) bond motifs is 1. The van der Waals surface area contributed by atoms with Gasteiger partial charge in [0, 0.05) is 18.2 Å². The SMILES string of the molecule is COc1ccc2ccccc2c1-c1cc(-c2ccc(OCCCCCCNCc3cc(C)cc(C)c3)cc2)on1. The predicted octanol–water partition coefficient (Wildman–Crippen LogP) is 8.52. The standard InChI is InChI=1S/C35H38N2O3/c1-25-20-26(2)22-27(21-25)24-36-18-8-4-5-9-19-39-30-15-12-29(13-16-30)34-23-32(37-40-34)35-31-11-7-6-10-28(31)14-17-33(35)38-3/h6-7,10-17,20-23,36H,4-5,8-9,18-19,24H2,1-3H3. The van der Waals surface area contributed by atoms with Gasteiger partial charge in [0.1, 0.15) is 17.2 Å². The summed E-state index contributed by atoms with van der Waals surface area (Å²) >= 11 is 0. The second-order valence-corrected chi connectivity index (χ2v) is 10.4. The molecular weight excluding hydrogens is 496 g/mol. The molecule has 0 fully saturated rings. The number of unbranched alkanes of at least 4 members (excludes halogenated alkanes) is 3. The molecule has 0 saturated carbocycles. The van der Waals surface area contributed by atoms with E-state index in [9.17, 15) is 0 Å². The van der Waals surface area contributed by atoms with Crippen LogP contribution in [0.1, 0.15) is 42.4 Å². The zero-order valence-electron chi connectivity index (χ0n) is 23.7.